The first-order valence-electron chi connectivity index (χ1n) is 9.39. The molecule has 4 rings (SSSR count). The van der Waals surface area contributed by atoms with Crippen LogP contribution in [-0.2, 0) is 10.0 Å². The van der Waals surface area contributed by atoms with E-state index in [2.05, 4.69) is 9.71 Å². The number of benzene rings is 2. The summed E-state index contributed by atoms with van der Waals surface area (Å²) in [6, 6.07) is 11.1. The molecule has 0 fully saturated rings. The van der Waals surface area contributed by atoms with Crippen LogP contribution in [0.1, 0.15) is 17.4 Å². The Balaban J connectivity index is 1.70. The Morgan fingerprint density at radius 1 is 1.22 bits per heavy atom. The molecule has 0 saturated carbocycles. The number of para-hydroxylation sites is 1. The van der Waals surface area contributed by atoms with Gasteiger partial charge in [-0.2, -0.15) is 0 Å². The lowest BCUT2D eigenvalue weighted by molar-refractivity contribution is 0.203. The zero-order valence-corrected chi connectivity index (χ0v) is 18.7. The summed E-state index contributed by atoms with van der Waals surface area (Å²) >= 11 is 1.34. The topological polar surface area (TPSA) is 134 Å². The highest BCUT2D eigenvalue weighted by atomic mass is 32.2. The lowest BCUT2D eigenvalue weighted by Crippen LogP contribution is -2.27. The molecule has 0 radical (unpaired) electrons. The fraction of sp³-hybridized carbons (Fsp3) is 0.143. The maximum Gasteiger partial charge on any atom is 0.344 e. The number of hydrogen-bond acceptors (Lipinski definition) is 9. The van der Waals surface area contributed by atoms with Crippen LogP contribution < -0.4 is 25.6 Å². The molecular weight excluding hydrogens is 454 g/mol. The largest absolute Gasteiger partial charge is 0.470 e. The number of ether oxygens (including phenoxy) is 2. The third-order valence-corrected chi connectivity index (χ3v) is 6.85. The summed E-state index contributed by atoms with van der Waals surface area (Å²) < 4.78 is 43.6. The van der Waals surface area contributed by atoms with E-state index in [4.69, 9.17) is 19.6 Å². The van der Waals surface area contributed by atoms with Gasteiger partial charge >= 0.3 is 5.63 Å². The third kappa shape index (κ3) is 4.23. The minimum atomic E-state index is -3.79. The van der Waals surface area contributed by atoms with Gasteiger partial charge in [-0.25, -0.2) is 22.9 Å². The van der Waals surface area contributed by atoms with E-state index in [1.807, 2.05) is 0 Å². The van der Waals surface area contributed by atoms with Crippen molar-refractivity contribution in [3.8, 4) is 16.7 Å². The second-order valence-corrected chi connectivity index (χ2v) is 9.39. The van der Waals surface area contributed by atoms with Crippen LogP contribution in [0.5, 0.6) is 16.7 Å². The molecule has 4 aromatic rings. The van der Waals surface area contributed by atoms with E-state index in [0.717, 1.165) is 0 Å². The Hall–Kier alpha value is -3.25. The quantitative estimate of drug-likeness (QED) is 0.308. The van der Waals surface area contributed by atoms with Gasteiger partial charge in [-0.3, -0.25) is 5.73 Å². The summed E-state index contributed by atoms with van der Waals surface area (Å²) in [6.45, 7) is 1.72. The highest BCUT2D eigenvalue weighted by molar-refractivity contribution is 7.89. The predicted molar refractivity (Wildman–Crippen MR) is 120 cm³/mol. The van der Waals surface area contributed by atoms with Gasteiger partial charge in [0.1, 0.15) is 22.0 Å². The molecule has 166 valence electrons. The molecule has 9 nitrogen and oxygen atoms in total. The third-order valence-electron chi connectivity index (χ3n) is 4.74. The molecule has 0 bridgehead atoms. The van der Waals surface area contributed by atoms with E-state index < -0.39 is 21.9 Å². The van der Waals surface area contributed by atoms with Crippen LogP contribution in [0.4, 0.5) is 0 Å². The second-order valence-electron chi connectivity index (χ2n) is 6.68. The van der Waals surface area contributed by atoms with Crippen molar-refractivity contribution in [3.05, 3.63) is 75.6 Å². The van der Waals surface area contributed by atoms with Crippen LogP contribution in [0.15, 0.2) is 68.1 Å². The Labute approximate surface area is 187 Å². The normalized spacial score (nSPS) is 12.6. The molecule has 1 unspecified atom stereocenters. The van der Waals surface area contributed by atoms with Gasteiger partial charge in [-0.15, -0.1) is 0 Å². The zero-order valence-electron chi connectivity index (χ0n) is 17.1. The molecule has 2 heterocycles. The minimum Gasteiger partial charge on any atom is -0.470 e. The number of thiazole rings is 1. The van der Waals surface area contributed by atoms with Crippen molar-refractivity contribution < 1.29 is 22.3 Å². The monoisotopic (exact) mass is 473 g/mol. The van der Waals surface area contributed by atoms with E-state index in [1.165, 1.54) is 30.5 Å². The molecule has 0 amide bonds. The van der Waals surface area contributed by atoms with Gasteiger partial charge in [0, 0.05) is 23.0 Å². The highest BCUT2D eigenvalue weighted by Gasteiger charge is 2.23. The SMILES string of the molecule is CNS(=O)(=O)c1ccccc1OC(N)c1c(C)c2ccc(Oc3nccs3)cc2oc1=O. The second kappa shape index (κ2) is 8.71. The van der Waals surface area contributed by atoms with E-state index in [1.54, 1.807) is 48.8 Å². The van der Waals surface area contributed by atoms with Crippen molar-refractivity contribution in [2.75, 3.05) is 7.05 Å². The van der Waals surface area contributed by atoms with Gasteiger partial charge in [0.15, 0.2) is 6.23 Å². The van der Waals surface area contributed by atoms with Crippen LogP contribution in [0.25, 0.3) is 11.0 Å². The zero-order chi connectivity index (χ0) is 22.9. The number of hydrogen-bond donors (Lipinski definition) is 2. The number of rotatable bonds is 7. The lowest BCUT2D eigenvalue weighted by Gasteiger charge is -2.18. The Kier molecular flexibility index (Phi) is 5.98. The van der Waals surface area contributed by atoms with Gasteiger partial charge in [0.2, 0.25) is 10.0 Å². The van der Waals surface area contributed by atoms with Crippen LogP contribution in [0.2, 0.25) is 0 Å². The standard InChI is InChI=1S/C21H19N3O6S2/c1-12-14-8-7-13(28-21-24-9-10-31-21)11-16(14)30-20(25)18(12)19(22)29-15-5-3-4-6-17(15)32(26,27)23-2/h3-11,19,23H,22H2,1-2H3. The Bertz CT molecular complexity index is 1430. The average molecular weight is 474 g/mol. The van der Waals surface area contributed by atoms with Crippen LogP contribution in [0, 0.1) is 6.92 Å². The van der Waals surface area contributed by atoms with Crippen LogP contribution in [0.3, 0.4) is 0 Å². The van der Waals surface area contributed by atoms with Gasteiger partial charge in [0.25, 0.3) is 5.19 Å². The number of aromatic nitrogens is 1. The first kappa shape index (κ1) is 22.0. The number of nitrogens with two attached hydrogens (primary N) is 1. The molecule has 11 heteroatoms. The van der Waals surface area contributed by atoms with Crippen molar-refractivity contribution in [2.45, 2.75) is 18.0 Å². The van der Waals surface area contributed by atoms with Gasteiger partial charge in [0.05, 0.1) is 5.56 Å². The molecule has 0 aliphatic rings. The first-order chi connectivity index (χ1) is 15.3. The van der Waals surface area contributed by atoms with E-state index in [9.17, 15) is 13.2 Å². The molecule has 0 saturated heterocycles. The number of nitrogens with zero attached hydrogens (tertiary/aromatic N) is 1. The molecule has 0 spiro atoms. The number of fused-ring (bicyclic) bond motifs is 1. The van der Waals surface area contributed by atoms with Crippen molar-refractivity contribution in [3.63, 3.8) is 0 Å². The van der Waals surface area contributed by atoms with Crippen LogP contribution >= 0.6 is 11.3 Å². The van der Waals surface area contributed by atoms with Gasteiger partial charge < -0.3 is 13.9 Å². The van der Waals surface area contributed by atoms with Crippen molar-refractivity contribution in [2.24, 2.45) is 5.73 Å². The summed E-state index contributed by atoms with van der Waals surface area (Å²) in [5, 5.41) is 2.89. The van der Waals surface area contributed by atoms with Crippen molar-refractivity contribution in [1.29, 1.82) is 0 Å². The van der Waals surface area contributed by atoms with E-state index >= 15 is 0 Å². The molecule has 0 aliphatic heterocycles. The number of nitrogens with one attached hydrogen (secondary N) is 1. The maximum atomic E-state index is 12.7. The number of aryl methyl sites for hydroxylation is 1. The summed E-state index contributed by atoms with van der Waals surface area (Å²) in [4.78, 5) is 16.7. The van der Waals surface area contributed by atoms with Crippen molar-refractivity contribution >= 4 is 32.3 Å². The predicted octanol–water partition coefficient (Wildman–Crippen LogP) is 3.29. The molecule has 2 aromatic heterocycles. The first-order valence-corrected chi connectivity index (χ1v) is 11.8. The Morgan fingerprint density at radius 2 is 2.00 bits per heavy atom. The molecule has 1 atom stereocenters. The van der Waals surface area contributed by atoms with E-state index in [0.29, 0.717) is 27.5 Å². The lowest BCUT2D eigenvalue weighted by atomic mass is 10.0. The summed E-state index contributed by atoms with van der Waals surface area (Å²) in [6.07, 6.45) is 0.369. The molecule has 2 aromatic carbocycles. The molecule has 0 aliphatic carbocycles. The average Bonchev–Trinajstić information content (AvgIpc) is 3.27. The maximum absolute atomic E-state index is 12.7. The summed E-state index contributed by atoms with van der Waals surface area (Å²) in [5.74, 6) is 0.481. The minimum absolute atomic E-state index is 0.0143. The fourth-order valence-corrected chi connectivity index (χ4v) is 4.54. The van der Waals surface area contributed by atoms with Crippen LogP contribution in [-0.4, -0.2) is 20.4 Å². The van der Waals surface area contributed by atoms with Gasteiger partial charge in [-0.1, -0.05) is 23.5 Å². The highest BCUT2D eigenvalue weighted by Crippen LogP contribution is 2.31. The smallest absolute Gasteiger partial charge is 0.344 e. The summed E-state index contributed by atoms with van der Waals surface area (Å²) in [7, 11) is -2.50. The molecule has 32 heavy (non-hydrogen) atoms. The number of sulfonamides is 1. The summed E-state index contributed by atoms with van der Waals surface area (Å²) in [5.41, 5.74) is 6.43. The Morgan fingerprint density at radius 3 is 2.72 bits per heavy atom. The molecule has 3 N–H and O–H groups in total. The van der Waals surface area contributed by atoms with E-state index in [-0.39, 0.29) is 16.2 Å². The van der Waals surface area contributed by atoms with Gasteiger partial charge in [-0.05, 0) is 43.8 Å². The fourth-order valence-electron chi connectivity index (χ4n) is 3.18. The molecular formula is C21H19N3O6S2. The van der Waals surface area contributed by atoms with Crippen molar-refractivity contribution in [1.82, 2.24) is 9.71 Å².